The van der Waals surface area contributed by atoms with Gasteiger partial charge in [0.1, 0.15) is 0 Å². The Morgan fingerprint density at radius 1 is 0.333 bits per heavy atom. The molecular weight excluding hydrogens is 491 g/mol. The third kappa shape index (κ3) is 6.40. The fraction of sp³-hybridized carbons (Fsp3) is 0. The predicted octanol–water partition coefficient (Wildman–Crippen LogP) is 10.1. The maximum atomic E-state index is 6.03. The third-order valence-electron chi connectivity index (χ3n) is 4.00. The van der Waals surface area contributed by atoms with E-state index in [1.54, 1.807) is 35.3 Å². The molecule has 0 aliphatic rings. The van der Waals surface area contributed by atoms with E-state index < -0.39 is 0 Å². The summed E-state index contributed by atoms with van der Waals surface area (Å²) in [7, 11) is 0. The molecule has 4 aromatic rings. The first-order chi connectivity index (χ1) is 14.5. The highest BCUT2D eigenvalue weighted by Gasteiger charge is 2.07. The van der Waals surface area contributed by atoms with Gasteiger partial charge in [0.15, 0.2) is 0 Å². The zero-order valence-electron chi connectivity index (χ0n) is 15.5. The fourth-order valence-electron chi connectivity index (χ4n) is 2.64. The molecule has 0 radical (unpaired) electrons. The summed E-state index contributed by atoms with van der Waals surface area (Å²) in [5.74, 6) is 0. The summed E-state index contributed by atoms with van der Waals surface area (Å²) in [6.45, 7) is 0. The van der Waals surface area contributed by atoms with Crippen LogP contribution in [0.15, 0.2) is 120 Å². The Labute approximate surface area is 204 Å². The number of hydrogen-bond donors (Lipinski definition) is 0. The lowest BCUT2D eigenvalue weighted by Crippen LogP contribution is -1.82. The van der Waals surface area contributed by atoms with Crippen molar-refractivity contribution >= 4 is 70.1 Å². The number of benzene rings is 4. The fourth-order valence-corrected chi connectivity index (χ4v) is 5.99. The number of hydrogen-bond acceptors (Lipinski definition) is 3. The van der Waals surface area contributed by atoms with Crippen LogP contribution in [0.1, 0.15) is 0 Å². The molecule has 0 N–H and O–H groups in total. The van der Waals surface area contributed by atoms with Crippen LogP contribution in [0.2, 0.25) is 15.1 Å². The Kier molecular flexibility index (Phi) is 7.64. The largest absolute Gasteiger partial charge is 0.0900 e. The van der Waals surface area contributed by atoms with Crippen LogP contribution >= 0.6 is 70.1 Å². The minimum atomic E-state index is 0.741. The van der Waals surface area contributed by atoms with Crippen LogP contribution in [0, 0.1) is 0 Å². The Hall–Kier alpha value is -1.20. The van der Waals surface area contributed by atoms with Crippen LogP contribution in [0.5, 0.6) is 0 Å². The monoisotopic (exact) mass is 504 g/mol. The van der Waals surface area contributed by atoms with Crippen molar-refractivity contribution in [2.75, 3.05) is 0 Å². The highest BCUT2D eigenvalue weighted by molar-refractivity contribution is 8.01. The predicted molar refractivity (Wildman–Crippen MR) is 133 cm³/mol. The number of rotatable bonds is 6. The van der Waals surface area contributed by atoms with Gasteiger partial charge < -0.3 is 0 Å². The van der Waals surface area contributed by atoms with Crippen molar-refractivity contribution < 1.29 is 0 Å². The van der Waals surface area contributed by atoms with Gasteiger partial charge in [-0.2, -0.15) is 0 Å². The van der Waals surface area contributed by atoms with Crippen LogP contribution in [-0.4, -0.2) is 0 Å². The first kappa shape index (κ1) is 22.0. The van der Waals surface area contributed by atoms with Gasteiger partial charge in [0, 0.05) is 44.4 Å². The van der Waals surface area contributed by atoms with Gasteiger partial charge in [-0.3, -0.25) is 0 Å². The van der Waals surface area contributed by atoms with Crippen molar-refractivity contribution in [3.8, 4) is 0 Å². The molecule has 0 amide bonds. The summed E-state index contributed by atoms with van der Waals surface area (Å²) in [5.41, 5.74) is 0. The van der Waals surface area contributed by atoms with E-state index in [0.717, 1.165) is 29.8 Å². The van der Waals surface area contributed by atoms with Crippen molar-refractivity contribution in [3.05, 3.63) is 106 Å². The third-order valence-corrected chi connectivity index (χ3v) is 7.70. The van der Waals surface area contributed by atoms with Crippen molar-refractivity contribution in [3.63, 3.8) is 0 Å². The van der Waals surface area contributed by atoms with E-state index in [1.165, 1.54) is 14.7 Å². The molecule has 0 fully saturated rings. The SMILES string of the molecule is Clc1ccc(Sc2cc(Sc3ccc(Cl)cc3)cc(Sc3ccc(Cl)cc3)c2)cc1. The second-order valence-corrected chi connectivity index (χ2v) is 11.1. The average molecular weight is 506 g/mol. The van der Waals surface area contributed by atoms with E-state index >= 15 is 0 Å². The normalized spacial score (nSPS) is 10.9. The Balaban J connectivity index is 1.64. The van der Waals surface area contributed by atoms with E-state index in [1.807, 2.05) is 72.8 Å². The molecular formula is C24H15Cl3S3. The van der Waals surface area contributed by atoms with Gasteiger partial charge in [-0.15, -0.1) is 0 Å². The van der Waals surface area contributed by atoms with E-state index in [9.17, 15) is 0 Å². The molecule has 0 aliphatic heterocycles. The molecule has 150 valence electrons. The highest BCUT2D eigenvalue weighted by Crippen LogP contribution is 2.39. The Bertz CT molecular complexity index is 967. The average Bonchev–Trinajstić information content (AvgIpc) is 2.73. The van der Waals surface area contributed by atoms with Gasteiger partial charge in [-0.25, -0.2) is 0 Å². The van der Waals surface area contributed by atoms with Crippen molar-refractivity contribution in [1.82, 2.24) is 0 Å². The highest BCUT2D eigenvalue weighted by atomic mass is 35.5. The quantitative estimate of drug-likeness (QED) is 0.256. The van der Waals surface area contributed by atoms with Gasteiger partial charge in [-0.1, -0.05) is 70.1 Å². The molecule has 0 spiro atoms. The van der Waals surface area contributed by atoms with Gasteiger partial charge in [0.25, 0.3) is 0 Å². The van der Waals surface area contributed by atoms with Gasteiger partial charge in [0.05, 0.1) is 0 Å². The zero-order chi connectivity index (χ0) is 20.9. The second kappa shape index (κ2) is 10.4. The molecule has 4 aromatic carbocycles. The van der Waals surface area contributed by atoms with E-state index in [2.05, 4.69) is 18.2 Å². The molecule has 30 heavy (non-hydrogen) atoms. The van der Waals surface area contributed by atoms with Gasteiger partial charge in [0.2, 0.25) is 0 Å². The standard InChI is InChI=1S/C24H15Cl3S3/c25-16-1-7-19(8-2-16)28-22-13-23(29-20-9-3-17(26)4-10-20)15-24(14-22)30-21-11-5-18(27)6-12-21/h1-15H. The van der Waals surface area contributed by atoms with Crippen molar-refractivity contribution in [2.45, 2.75) is 29.4 Å². The maximum absolute atomic E-state index is 6.03. The summed E-state index contributed by atoms with van der Waals surface area (Å²) in [5, 5.41) is 2.22. The molecule has 0 atom stereocenters. The first-order valence-corrected chi connectivity index (χ1v) is 12.6. The maximum Gasteiger partial charge on any atom is 0.0406 e. The summed E-state index contributed by atoms with van der Waals surface area (Å²) in [6.07, 6.45) is 0. The Morgan fingerprint density at radius 2 is 0.567 bits per heavy atom. The van der Waals surface area contributed by atoms with Crippen LogP contribution in [-0.2, 0) is 0 Å². The molecule has 0 saturated carbocycles. The van der Waals surface area contributed by atoms with Crippen molar-refractivity contribution in [1.29, 1.82) is 0 Å². The minimum absolute atomic E-state index is 0.741. The molecule has 0 heterocycles. The van der Waals surface area contributed by atoms with Crippen LogP contribution in [0.4, 0.5) is 0 Å². The molecule has 0 saturated heterocycles. The molecule has 0 bridgehead atoms. The molecule has 0 aliphatic carbocycles. The van der Waals surface area contributed by atoms with E-state index in [0.29, 0.717) is 0 Å². The lowest BCUT2D eigenvalue weighted by molar-refractivity contribution is 1.22. The smallest absolute Gasteiger partial charge is 0.0406 e. The van der Waals surface area contributed by atoms with Crippen LogP contribution < -0.4 is 0 Å². The van der Waals surface area contributed by atoms with Gasteiger partial charge in [-0.05, 0) is 91.0 Å². The minimum Gasteiger partial charge on any atom is -0.0900 e. The molecule has 0 unspecified atom stereocenters. The Morgan fingerprint density at radius 3 is 0.800 bits per heavy atom. The van der Waals surface area contributed by atoms with E-state index in [-0.39, 0.29) is 0 Å². The molecule has 0 aromatic heterocycles. The first-order valence-electron chi connectivity index (χ1n) is 8.99. The molecule has 6 heteroatoms. The van der Waals surface area contributed by atoms with Gasteiger partial charge >= 0.3 is 0 Å². The number of halogens is 3. The van der Waals surface area contributed by atoms with Crippen LogP contribution in [0.25, 0.3) is 0 Å². The summed E-state index contributed by atoms with van der Waals surface area (Å²) >= 11 is 23.3. The summed E-state index contributed by atoms with van der Waals surface area (Å²) in [6, 6.07) is 30.4. The lowest BCUT2D eigenvalue weighted by Gasteiger charge is -2.10. The van der Waals surface area contributed by atoms with E-state index in [4.69, 9.17) is 34.8 Å². The summed E-state index contributed by atoms with van der Waals surface area (Å²) < 4.78 is 0. The molecule has 0 nitrogen and oxygen atoms in total. The topological polar surface area (TPSA) is 0 Å². The van der Waals surface area contributed by atoms with Crippen molar-refractivity contribution in [2.24, 2.45) is 0 Å². The second-order valence-electron chi connectivity index (χ2n) is 6.31. The van der Waals surface area contributed by atoms with Crippen LogP contribution in [0.3, 0.4) is 0 Å². The zero-order valence-corrected chi connectivity index (χ0v) is 20.2. The summed E-state index contributed by atoms with van der Waals surface area (Å²) in [4.78, 5) is 6.97. The molecule has 4 rings (SSSR count). The lowest BCUT2D eigenvalue weighted by atomic mass is 10.3.